The van der Waals surface area contributed by atoms with Crippen LogP contribution in [0.2, 0.25) is 0 Å². The molecule has 0 amide bonds. The molecule has 2 aromatic rings. The zero-order chi connectivity index (χ0) is 23.3. The molecule has 33 heavy (non-hydrogen) atoms. The first-order valence-corrected chi connectivity index (χ1v) is 14.0. The lowest BCUT2D eigenvalue weighted by Crippen LogP contribution is -2.51. The Kier molecular flexibility index (Phi) is 5.93. The number of hydrogen-bond acceptors (Lipinski definition) is 4. The molecule has 2 saturated carbocycles. The molecule has 2 aromatic carbocycles. The molecule has 1 aliphatic heterocycles. The number of rotatable bonds is 9. The average molecular weight is 469 g/mol. The summed E-state index contributed by atoms with van der Waals surface area (Å²) in [5.74, 6) is 1.82. The topological polar surface area (TPSA) is 83.6 Å². The van der Waals surface area contributed by atoms with E-state index in [-0.39, 0.29) is 11.2 Å². The maximum Gasteiger partial charge on any atom is 0.209 e. The quantitative estimate of drug-likeness (QED) is 0.591. The Balaban J connectivity index is 1.17. The summed E-state index contributed by atoms with van der Waals surface area (Å²) in [5, 5.41) is 16.2. The number of nitrogens with zero attached hydrogens (tertiary/aromatic N) is 1. The molecule has 0 spiro atoms. The monoisotopic (exact) mass is 468 g/mol. The van der Waals surface area contributed by atoms with Crippen molar-refractivity contribution < 1.29 is 13.5 Å². The Morgan fingerprint density at radius 2 is 1.76 bits per heavy atom. The Labute approximate surface area is 198 Å². The van der Waals surface area contributed by atoms with Crippen molar-refractivity contribution in [1.29, 1.82) is 0 Å². The first-order chi connectivity index (χ1) is 15.7. The molecule has 3 aliphatic rings. The molecule has 0 radical (unpaired) electrons. The Bertz CT molecular complexity index is 1080. The first kappa shape index (κ1) is 23.0. The van der Waals surface area contributed by atoms with Crippen LogP contribution in [0.3, 0.4) is 0 Å². The molecule has 1 saturated heterocycles. The normalized spacial score (nSPS) is 33.5. The van der Waals surface area contributed by atoms with E-state index >= 15 is 0 Å². The highest BCUT2D eigenvalue weighted by Crippen LogP contribution is 2.65. The second-order valence-electron chi connectivity index (χ2n) is 10.7. The first-order valence-electron chi connectivity index (χ1n) is 12.3. The van der Waals surface area contributed by atoms with Gasteiger partial charge >= 0.3 is 0 Å². The van der Waals surface area contributed by atoms with E-state index in [9.17, 15) is 13.5 Å². The number of nitrogens with two attached hydrogens (primary N) is 1. The molecular weight excluding hydrogens is 432 g/mol. The largest absolute Gasteiger partial charge is 0.389 e. The van der Waals surface area contributed by atoms with Gasteiger partial charge in [0.05, 0.1) is 11.4 Å². The average Bonchev–Trinajstić information content (AvgIpc) is 3.15. The molecule has 5 rings (SSSR count). The fraction of sp³-hybridized carbons (Fsp3) is 0.556. The summed E-state index contributed by atoms with van der Waals surface area (Å²) in [5.41, 5.74) is 3.64. The van der Waals surface area contributed by atoms with Crippen molar-refractivity contribution in [3.8, 4) is 0 Å². The second-order valence-corrected chi connectivity index (χ2v) is 12.4. The summed E-state index contributed by atoms with van der Waals surface area (Å²) in [7, 11) is -3.40. The van der Waals surface area contributed by atoms with Crippen molar-refractivity contribution in [1.82, 2.24) is 4.90 Å². The predicted molar refractivity (Wildman–Crippen MR) is 131 cm³/mol. The fourth-order valence-electron chi connectivity index (χ4n) is 6.96. The zero-order valence-electron chi connectivity index (χ0n) is 19.5. The zero-order valence-corrected chi connectivity index (χ0v) is 20.3. The number of primary sulfonamides is 1. The standard InChI is InChI=1S/C27H36N2O3S/c1-2-27(23-12-6-8-20(14-23)9-7-13-33(28,31)32)24-17-29(18-25(24)27)19-26(30)15-22(16-26)21-10-4-3-5-11-21/h3-6,8,10-12,14,22,24-25,30H,2,7,9,13,15-19H2,1H3,(H2,28,31,32). The number of likely N-dealkylation sites (tertiary alicyclic amines) is 1. The van der Waals surface area contributed by atoms with Crippen LogP contribution in [0.25, 0.3) is 0 Å². The number of hydrogen-bond donors (Lipinski definition) is 2. The maximum absolute atomic E-state index is 11.2. The van der Waals surface area contributed by atoms with Gasteiger partial charge in [-0.05, 0) is 66.5 Å². The third-order valence-electron chi connectivity index (χ3n) is 8.60. The third kappa shape index (κ3) is 4.51. The van der Waals surface area contributed by atoms with E-state index in [1.807, 2.05) is 6.07 Å². The molecule has 2 atom stereocenters. The lowest BCUT2D eigenvalue weighted by Gasteiger charge is -2.46. The predicted octanol–water partition coefficient (Wildman–Crippen LogP) is 3.43. The van der Waals surface area contributed by atoms with Gasteiger partial charge in [0.1, 0.15) is 0 Å². The van der Waals surface area contributed by atoms with E-state index in [1.165, 1.54) is 16.7 Å². The van der Waals surface area contributed by atoms with Gasteiger partial charge in [-0.15, -0.1) is 0 Å². The number of benzene rings is 2. The van der Waals surface area contributed by atoms with Crippen LogP contribution in [-0.4, -0.2) is 49.4 Å². The molecule has 6 heteroatoms. The smallest absolute Gasteiger partial charge is 0.209 e. The van der Waals surface area contributed by atoms with Gasteiger partial charge in [0.15, 0.2) is 0 Å². The number of piperidine rings is 1. The summed E-state index contributed by atoms with van der Waals surface area (Å²) in [6.45, 7) is 5.20. The van der Waals surface area contributed by atoms with Gasteiger partial charge in [-0.2, -0.15) is 0 Å². The van der Waals surface area contributed by atoms with E-state index in [4.69, 9.17) is 5.14 Å². The van der Waals surface area contributed by atoms with Crippen LogP contribution >= 0.6 is 0 Å². The van der Waals surface area contributed by atoms with Gasteiger partial charge in [0.2, 0.25) is 10.0 Å². The van der Waals surface area contributed by atoms with Crippen LogP contribution in [0.5, 0.6) is 0 Å². The number of aliphatic hydroxyl groups is 1. The fourth-order valence-corrected chi connectivity index (χ4v) is 7.51. The van der Waals surface area contributed by atoms with Crippen LogP contribution in [0.15, 0.2) is 54.6 Å². The highest BCUT2D eigenvalue weighted by Gasteiger charge is 2.67. The summed E-state index contributed by atoms with van der Waals surface area (Å²) in [4.78, 5) is 2.49. The summed E-state index contributed by atoms with van der Waals surface area (Å²) >= 11 is 0. The van der Waals surface area contributed by atoms with Crippen molar-refractivity contribution in [2.45, 2.75) is 56.0 Å². The van der Waals surface area contributed by atoms with Gasteiger partial charge in [-0.3, -0.25) is 4.90 Å². The number of aryl methyl sites for hydroxylation is 1. The van der Waals surface area contributed by atoms with Crippen LogP contribution < -0.4 is 5.14 Å². The van der Waals surface area contributed by atoms with Crippen LogP contribution in [0.4, 0.5) is 0 Å². The number of fused-ring (bicyclic) bond motifs is 1. The molecule has 0 bridgehead atoms. The Hall–Kier alpha value is -1.73. The molecule has 1 heterocycles. The number of sulfonamides is 1. The highest BCUT2D eigenvalue weighted by molar-refractivity contribution is 7.89. The van der Waals surface area contributed by atoms with Crippen LogP contribution in [-0.2, 0) is 21.9 Å². The number of β-amino-alcohol motifs (C(OH)–C–C–N with tert-alkyl or cyclic N) is 1. The lowest BCUT2D eigenvalue weighted by atomic mass is 9.67. The summed E-state index contributed by atoms with van der Waals surface area (Å²) in [6, 6.07) is 19.3. The van der Waals surface area contributed by atoms with E-state index in [0.29, 0.717) is 24.2 Å². The minimum absolute atomic E-state index is 0.0321. The molecule has 2 aliphatic carbocycles. The second kappa shape index (κ2) is 8.49. The molecule has 2 unspecified atom stereocenters. The molecule has 3 fully saturated rings. The molecule has 5 nitrogen and oxygen atoms in total. The molecular formula is C27H36N2O3S. The SMILES string of the molecule is CCC1(c2cccc(CCCS(N)(=O)=O)c2)C2CN(CC3(O)CC(c4ccccc4)C3)CC21. The lowest BCUT2D eigenvalue weighted by molar-refractivity contribution is -0.0711. The molecule has 178 valence electrons. The van der Waals surface area contributed by atoms with Gasteiger partial charge in [-0.1, -0.05) is 61.5 Å². The Morgan fingerprint density at radius 3 is 2.39 bits per heavy atom. The van der Waals surface area contributed by atoms with E-state index < -0.39 is 15.6 Å². The highest BCUT2D eigenvalue weighted by atomic mass is 32.2. The van der Waals surface area contributed by atoms with Crippen LogP contribution in [0.1, 0.15) is 55.2 Å². The van der Waals surface area contributed by atoms with Crippen LogP contribution in [0, 0.1) is 11.8 Å². The van der Waals surface area contributed by atoms with Crippen molar-refractivity contribution in [2.75, 3.05) is 25.4 Å². The molecule has 3 N–H and O–H groups in total. The minimum atomic E-state index is -3.40. The third-order valence-corrected chi connectivity index (χ3v) is 9.45. The van der Waals surface area contributed by atoms with E-state index in [2.05, 4.69) is 60.4 Å². The molecule has 0 aromatic heterocycles. The van der Waals surface area contributed by atoms with Crippen molar-refractivity contribution in [3.63, 3.8) is 0 Å². The van der Waals surface area contributed by atoms with Gasteiger partial charge in [0, 0.05) is 25.0 Å². The van der Waals surface area contributed by atoms with Gasteiger partial charge < -0.3 is 5.11 Å². The van der Waals surface area contributed by atoms with Gasteiger partial charge in [-0.25, -0.2) is 13.6 Å². The van der Waals surface area contributed by atoms with E-state index in [0.717, 1.165) is 45.3 Å². The Morgan fingerprint density at radius 1 is 1.06 bits per heavy atom. The van der Waals surface area contributed by atoms with E-state index in [1.54, 1.807) is 0 Å². The summed E-state index contributed by atoms with van der Waals surface area (Å²) in [6.07, 6.45) is 4.15. The minimum Gasteiger partial charge on any atom is -0.389 e. The maximum atomic E-state index is 11.2. The van der Waals surface area contributed by atoms with Crippen molar-refractivity contribution >= 4 is 10.0 Å². The van der Waals surface area contributed by atoms with Gasteiger partial charge in [0.25, 0.3) is 0 Å². The summed E-state index contributed by atoms with van der Waals surface area (Å²) < 4.78 is 22.5. The van der Waals surface area contributed by atoms with Crippen molar-refractivity contribution in [3.05, 3.63) is 71.3 Å². The van der Waals surface area contributed by atoms with Crippen molar-refractivity contribution in [2.24, 2.45) is 17.0 Å².